The van der Waals surface area contributed by atoms with Gasteiger partial charge < -0.3 is 5.11 Å². The zero-order chi connectivity index (χ0) is 20.2. The summed E-state index contributed by atoms with van der Waals surface area (Å²) in [7, 11) is 0. The molecule has 2 aromatic heterocycles. The van der Waals surface area contributed by atoms with Gasteiger partial charge in [0, 0.05) is 11.1 Å². The lowest BCUT2D eigenvalue weighted by Crippen LogP contribution is -2.46. The summed E-state index contributed by atoms with van der Waals surface area (Å²) in [6, 6.07) is 8.68. The largest absolute Gasteiger partial charge is 0.390 e. The van der Waals surface area contributed by atoms with E-state index in [9.17, 15) is 9.50 Å². The molecule has 1 fully saturated rings. The van der Waals surface area contributed by atoms with E-state index >= 15 is 0 Å². The van der Waals surface area contributed by atoms with Crippen molar-refractivity contribution < 1.29 is 9.50 Å². The van der Waals surface area contributed by atoms with Crippen molar-refractivity contribution in [3.63, 3.8) is 0 Å². The van der Waals surface area contributed by atoms with Gasteiger partial charge in [0.1, 0.15) is 5.82 Å². The number of hydrogen-bond acceptors (Lipinski definition) is 3. The molecule has 5 heteroatoms. The lowest BCUT2D eigenvalue weighted by molar-refractivity contribution is -0.0340. The third kappa shape index (κ3) is 2.98. The molecule has 0 spiro atoms. The van der Waals surface area contributed by atoms with Crippen LogP contribution >= 0.6 is 0 Å². The van der Waals surface area contributed by atoms with Crippen molar-refractivity contribution in [2.75, 3.05) is 0 Å². The van der Waals surface area contributed by atoms with Crippen molar-refractivity contribution in [3.8, 4) is 5.69 Å². The van der Waals surface area contributed by atoms with E-state index in [0.29, 0.717) is 5.92 Å². The molecule has 0 bridgehead atoms. The minimum atomic E-state index is -0.557. The predicted octanol–water partition coefficient (Wildman–Crippen LogP) is 5.09. The van der Waals surface area contributed by atoms with Crippen LogP contribution in [0.15, 0.2) is 36.5 Å². The number of nitrogens with zero attached hydrogens (tertiary/aromatic N) is 3. The molecule has 2 aliphatic rings. The Kier molecular flexibility index (Phi) is 4.28. The molecule has 4 nitrogen and oxygen atoms in total. The highest BCUT2D eigenvalue weighted by Gasteiger charge is 2.48. The maximum Gasteiger partial charge on any atom is 0.163 e. The topological polar surface area (TPSA) is 50.9 Å². The Morgan fingerprint density at radius 1 is 1.24 bits per heavy atom. The van der Waals surface area contributed by atoms with Gasteiger partial charge in [-0.2, -0.15) is 5.10 Å². The summed E-state index contributed by atoms with van der Waals surface area (Å²) >= 11 is 0. The van der Waals surface area contributed by atoms with Gasteiger partial charge in [0.05, 0.1) is 17.5 Å². The van der Waals surface area contributed by atoms with E-state index in [4.69, 9.17) is 4.98 Å². The molecule has 0 amide bonds. The van der Waals surface area contributed by atoms with Gasteiger partial charge in [-0.05, 0) is 99.1 Å². The van der Waals surface area contributed by atoms with Crippen molar-refractivity contribution in [1.82, 2.24) is 14.8 Å². The lowest BCUT2D eigenvalue weighted by Gasteiger charge is -2.49. The zero-order valence-electron chi connectivity index (χ0n) is 17.2. The highest BCUT2D eigenvalue weighted by atomic mass is 19.1. The van der Waals surface area contributed by atoms with Crippen LogP contribution in [0.4, 0.5) is 4.39 Å². The van der Waals surface area contributed by atoms with E-state index < -0.39 is 5.60 Å². The second kappa shape index (κ2) is 6.63. The van der Waals surface area contributed by atoms with Gasteiger partial charge >= 0.3 is 0 Å². The molecule has 1 saturated carbocycles. The van der Waals surface area contributed by atoms with Crippen molar-refractivity contribution in [2.45, 2.75) is 69.8 Å². The molecule has 5 rings (SSSR count). The highest BCUT2D eigenvalue weighted by Crippen LogP contribution is 2.53. The molecular weight excluding hydrogens is 365 g/mol. The molecule has 2 aliphatic carbocycles. The average molecular weight is 394 g/mol. The summed E-state index contributed by atoms with van der Waals surface area (Å²) in [5.41, 5.74) is 3.73. The standard InChI is InChI=1S/C24H28FN3O/c1-3-24-12-11-23(2,29)14-17(24)5-4-6-21-20(24)13-16-15-26-28(22(16)27-21)19-9-7-18(25)8-10-19/h7-10,13,15,17,29H,3-6,11-12,14H2,1-2H3/t17-,23+,24-/m1/s1. The monoisotopic (exact) mass is 393 g/mol. The number of benzene rings is 1. The minimum Gasteiger partial charge on any atom is -0.390 e. The van der Waals surface area contributed by atoms with Crippen molar-refractivity contribution in [1.29, 1.82) is 0 Å². The van der Waals surface area contributed by atoms with Crippen molar-refractivity contribution in [2.24, 2.45) is 5.92 Å². The molecule has 0 unspecified atom stereocenters. The Morgan fingerprint density at radius 2 is 2.03 bits per heavy atom. The van der Waals surface area contributed by atoms with E-state index in [1.54, 1.807) is 12.1 Å². The third-order valence-corrected chi connectivity index (χ3v) is 7.40. The van der Waals surface area contributed by atoms with Gasteiger partial charge in [-0.15, -0.1) is 0 Å². The summed E-state index contributed by atoms with van der Waals surface area (Å²) in [4.78, 5) is 5.10. The van der Waals surface area contributed by atoms with Crippen LogP contribution in [-0.4, -0.2) is 25.5 Å². The summed E-state index contributed by atoms with van der Waals surface area (Å²) in [5.74, 6) is 0.236. The number of pyridine rings is 1. The number of aryl methyl sites for hydroxylation is 1. The molecule has 152 valence electrons. The molecule has 1 N–H and O–H groups in total. The summed E-state index contributed by atoms with van der Waals surface area (Å²) < 4.78 is 15.2. The number of rotatable bonds is 2. The van der Waals surface area contributed by atoms with Crippen molar-refractivity contribution in [3.05, 3.63) is 53.6 Å². The second-order valence-electron chi connectivity index (χ2n) is 9.23. The normalized spacial score (nSPS) is 29.3. The molecule has 3 aromatic rings. The molecule has 29 heavy (non-hydrogen) atoms. The lowest BCUT2D eigenvalue weighted by atomic mass is 9.57. The second-order valence-corrected chi connectivity index (χ2v) is 9.23. The maximum atomic E-state index is 13.3. The third-order valence-electron chi connectivity index (χ3n) is 7.40. The van der Waals surface area contributed by atoms with Gasteiger partial charge in [-0.3, -0.25) is 0 Å². The number of aromatic nitrogens is 3. The average Bonchev–Trinajstić information content (AvgIpc) is 3.04. The first kappa shape index (κ1) is 18.7. The first-order valence-electron chi connectivity index (χ1n) is 10.8. The zero-order valence-corrected chi connectivity index (χ0v) is 17.2. The van der Waals surface area contributed by atoms with Crippen LogP contribution < -0.4 is 0 Å². The molecule has 1 aromatic carbocycles. The maximum absolute atomic E-state index is 13.3. The number of halogens is 1. The van der Waals surface area contributed by atoms with Crippen LogP contribution in [0.1, 0.15) is 63.6 Å². The Labute approximate surface area is 170 Å². The summed E-state index contributed by atoms with van der Waals surface area (Å²) in [5, 5.41) is 16.3. The quantitative estimate of drug-likeness (QED) is 0.659. The summed E-state index contributed by atoms with van der Waals surface area (Å²) in [6.07, 6.45) is 8.85. The van der Waals surface area contributed by atoms with Gasteiger partial charge in [0.15, 0.2) is 5.65 Å². The Hall–Kier alpha value is -2.27. The number of fused-ring (bicyclic) bond motifs is 4. The van der Waals surface area contributed by atoms with E-state index in [1.165, 1.54) is 23.4 Å². The summed E-state index contributed by atoms with van der Waals surface area (Å²) in [6.45, 7) is 4.28. The van der Waals surface area contributed by atoms with E-state index in [0.717, 1.165) is 61.7 Å². The molecule has 3 atom stereocenters. The highest BCUT2D eigenvalue weighted by molar-refractivity contribution is 5.78. The van der Waals surface area contributed by atoms with E-state index in [1.807, 2.05) is 17.8 Å². The Balaban J connectivity index is 1.65. The van der Waals surface area contributed by atoms with Crippen LogP contribution in [0, 0.1) is 11.7 Å². The molecule has 0 aliphatic heterocycles. The van der Waals surface area contributed by atoms with Crippen molar-refractivity contribution >= 4 is 11.0 Å². The first-order valence-corrected chi connectivity index (χ1v) is 10.8. The van der Waals surface area contributed by atoms with E-state index in [2.05, 4.69) is 18.1 Å². The van der Waals surface area contributed by atoms with Crippen LogP contribution in [0.2, 0.25) is 0 Å². The van der Waals surface area contributed by atoms with Crippen LogP contribution in [0.3, 0.4) is 0 Å². The SMILES string of the molecule is CC[C@@]12CC[C@](C)(O)C[C@H]1CCCc1nc3c(cnn3-c3ccc(F)cc3)cc12. The smallest absolute Gasteiger partial charge is 0.163 e. The number of hydrogen-bond donors (Lipinski definition) is 1. The fourth-order valence-electron chi connectivity index (χ4n) is 5.82. The van der Waals surface area contributed by atoms with Gasteiger partial charge in [-0.25, -0.2) is 14.1 Å². The fourth-order valence-corrected chi connectivity index (χ4v) is 5.82. The molecular formula is C24H28FN3O. The van der Waals surface area contributed by atoms with Gasteiger partial charge in [0.25, 0.3) is 0 Å². The minimum absolute atomic E-state index is 0.0905. The number of aliphatic hydroxyl groups is 1. The van der Waals surface area contributed by atoms with E-state index in [-0.39, 0.29) is 11.2 Å². The molecule has 0 radical (unpaired) electrons. The van der Waals surface area contributed by atoms with Gasteiger partial charge in [-0.1, -0.05) is 6.92 Å². The predicted molar refractivity (Wildman–Crippen MR) is 112 cm³/mol. The Morgan fingerprint density at radius 3 is 2.79 bits per heavy atom. The molecule has 2 heterocycles. The molecule has 0 saturated heterocycles. The first-order chi connectivity index (χ1) is 13.9. The van der Waals surface area contributed by atoms with Gasteiger partial charge in [0.2, 0.25) is 0 Å². The van der Waals surface area contributed by atoms with Crippen LogP contribution in [-0.2, 0) is 11.8 Å². The van der Waals surface area contributed by atoms with Crippen LogP contribution in [0.25, 0.3) is 16.7 Å². The Bertz CT molecular complexity index is 1060. The van der Waals surface area contributed by atoms with Crippen LogP contribution in [0.5, 0.6) is 0 Å². The fraction of sp³-hybridized carbons (Fsp3) is 0.500.